The third-order valence-corrected chi connectivity index (χ3v) is 2.78. The minimum Gasteiger partial charge on any atom is -0.313 e. The van der Waals surface area contributed by atoms with Crippen molar-refractivity contribution in [3.63, 3.8) is 0 Å². The van der Waals surface area contributed by atoms with Gasteiger partial charge >= 0.3 is 0 Å². The van der Waals surface area contributed by atoms with Crippen molar-refractivity contribution in [3.8, 4) is 0 Å². The molecule has 2 nitrogen and oxygen atoms in total. The second-order valence-corrected chi connectivity index (χ2v) is 5.28. The number of allylic oxidation sites excluding steroid dienone is 1. The molecule has 4 heteroatoms. The second kappa shape index (κ2) is 6.02. The maximum atomic E-state index is 13.9. The zero-order valence-corrected chi connectivity index (χ0v) is 12.1. The van der Waals surface area contributed by atoms with Gasteiger partial charge in [0, 0.05) is 24.2 Å². The Balaban J connectivity index is 0.00000180. The van der Waals surface area contributed by atoms with Crippen LogP contribution in [0.2, 0.25) is 0 Å². The van der Waals surface area contributed by atoms with Crippen molar-refractivity contribution in [3.05, 3.63) is 54.4 Å². The van der Waals surface area contributed by atoms with Crippen LogP contribution < -0.4 is 0 Å². The number of hydrogen-bond donors (Lipinski definition) is 0. The maximum absolute atomic E-state index is 13.9. The van der Waals surface area contributed by atoms with Gasteiger partial charge in [-0.2, -0.15) is 0 Å². The largest absolute Gasteiger partial charge is 0.313 e. The molecule has 1 aromatic carbocycles. The van der Waals surface area contributed by atoms with E-state index in [4.69, 9.17) is 0 Å². The van der Waals surface area contributed by atoms with Crippen molar-refractivity contribution in [1.29, 1.82) is 0 Å². The van der Waals surface area contributed by atoms with Gasteiger partial charge in [0.05, 0.1) is 6.33 Å². The zero-order chi connectivity index (χ0) is 13.2. The van der Waals surface area contributed by atoms with Crippen LogP contribution in [0.15, 0.2) is 43.0 Å². The SMILES string of the molecule is CC(C)(C)C(=Cn1ccnc1)c1ccccc1F.Cl. The normalized spacial score (nSPS) is 12.1. The number of benzene rings is 1. The third-order valence-electron chi connectivity index (χ3n) is 2.78. The van der Waals surface area contributed by atoms with Crippen LogP contribution in [0.1, 0.15) is 26.3 Å². The third kappa shape index (κ3) is 3.67. The van der Waals surface area contributed by atoms with Gasteiger partial charge in [0.2, 0.25) is 0 Å². The molecule has 2 aromatic rings. The van der Waals surface area contributed by atoms with Crippen LogP contribution in [0.5, 0.6) is 0 Å². The van der Waals surface area contributed by atoms with Crippen LogP contribution in [-0.4, -0.2) is 9.55 Å². The van der Waals surface area contributed by atoms with E-state index in [0.29, 0.717) is 5.56 Å². The molecule has 0 atom stereocenters. The minimum absolute atomic E-state index is 0. The summed E-state index contributed by atoms with van der Waals surface area (Å²) in [6.07, 6.45) is 7.17. The molecule has 2 rings (SSSR count). The fourth-order valence-corrected chi connectivity index (χ4v) is 1.84. The molecule has 0 bridgehead atoms. The van der Waals surface area contributed by atoms with E-state index in [1.54, 1.807) is 18.6 Å². The lowest BCUT2D eigenvalue weighted by Crippen LogP contribution is -2.10. The number of aromatic nitrogens is 2. The molecule has 0 spiro atoms. The summed E-state index contributed by atoms with van der Waals surface area (Å²) in [4.78, 5) is 4.00. The minimum atomic E-state index is -0.196. The predicted octanol–water partition coefficient (Wildman–Crippen LogP) is 4.49. The van der Waals surface area contributed by atoms with Crippen molar-refractivity contribution in [2.24, 2.45) is 5.41 Å². The molecular weight excluding hydrogens is 263 g/mol. The van der Waals surface area contributed by atoms with Gasteiger partial charge in [-0.1, -0.05) is 39.0 Å². The standard InChI is InChI=1S/C15H17FN2.ClH/c1-15(2,3)13(10-18-9-8-17-11-18)12-6-4-5-7-14(12)16;/h4-11H,1-3H3;1H. The first kappa shape index (κ1) is 15.4. The Bertz CT molecular complexity index is 554. The highest BCUT2D eigenvalue weighted by atomic mass is 35.5. The smallest absolute Gasteiger partial charge is 0.130 e. The highest BCUT2D eigenvalue weighted by molar-refractivity contribution is 5.85. The van der Waals surface area contributed by atoms with E-state index < -0.39 is 0 Å². The molecule has 102 valence electrons. The topological polar surface area (TPSA) is 17.8 Å². The highest BCUT2D eigenvalue weighted by Gasteiger charge is 2.21. The fraction of sp³-hybridized carbons (Fsp3) is 0.267. The van der Waals surface area contributed by atoms with Crippen LogP contribution in [-0.2, 0) is 0 Å². The fourth-order valence-electron chi connectivity index (χ4n) is 1.84. The van der Waals surface area contributed by atoms with Crippen molar-refractivity contribution in [1.82, 2.24) is 9.55 Å². The predicted molar refractivity (Wildman–Crippen MR) is 79.5 cm³/mol. The molecule has 0 amide bonds. The Hall–Kier alpha value is -1.61. The van der Waals surface area contributed by atoms with Gasteiger partial charge in [-0.25, -0.2) is 9.37 Å². The van der Waals surface area contributed by atoms with E-state index in [9.17, 15) is 4.39 Å². The first-order valence-corrected chi connectivity index (χ1v) is 5.93. The monoisotopic (exact) mass is 280 g/mol. The molecule has 0 unspecified atom stereocenters. The van der Waals surface area contributed by atoms with Gasteiger partial charge in [-0.05, 0) is 17.1 Å². The Morgan fingerprint density at radius 3 is 2.47 bits per heavy atom. The number of halogens is 2. The molecule has 19 heavy (non-hydrogen) atoms. The van der Waals surface area contributed by atoms with E-state index in [1.807, 2.05) is 29.1 Å². The maximum Gasteiger partial charge on any atom is 0.130 e. The van der Waals surface area contributed by atoms with E-state index in [-0.39, 0.29) is 23.6 Å². The summed E-state index contributed by atoms with van der Waals surface area (Å²) in [5.41, 5.74) is 1.43. The number of imidazole rings is 1. The summed E-state index contributed by atoms with van der Waals surface area (Å²) in [5.74, 6) is -0.196. The molecule has 0 N–H and O–H groups in total. The van der Waals surface area contributed by atoms with Crippen molar-refractivity contribution in [2.45, 2.75) is 20.8 Å². The quantitative estimate of drug-likeness (QED) is 0.793. The number of nitrogens with zero attached hydrogens (tertiary/aromatic N) is 2. The summed E-state index contributed by atoms with van der Waals surface area (Å²) in [5, 5.41) is 0. The van der Waals surface area contributed by atoms with Crippen LogP contribution in [0.3, 0.4) is 0 Å². The van der Waals surface area contributed by atoms with Gasteiger partial charge < -0.3 is 4.57 Å². The summed E-state index contributed by atoms with van der Waals surface area (Å²) in [7, 11) is 0. The first-order chi connectivity index (χ1) is 8.48. The van der Waals surface area contributed by atoms with Crippen LogP contribution in [0.4, 0.5) is 4.39 Å². The van der Waals surface area contributed by atoms with Crippen LogP contribution in [0, 0.1) is 11.2 Å². The van der Waals surface area contributed by atoms with Crippen LogP contribution >= 0.6 is 12.4 Å². The molecule has 0 aliphatic rings. The lowest BCUT2D eigenvalue weighted by atomic mass is 9.82. The summed E-state index contributed by atoms with van der Waals surface area (Å²) in [6, 6.07) is 6.86. The lowest BCUT2D eigenvalue weighted by Gasteiger charge is -2.24. The van der Waals surface area contributed by atoms with Gasteiger partial charge in [-0.15, -0.1) is 12.4 Å². The van der Waals surface area contributed by atoms with E-state index in [2.05, 4.69) is 25.8 Å². The summed E-state index contributed by atoms with van der Waals surface area (Å²) >= 11 is 0. The average Bonchev–Trinajstić information content (AvgIpc) is 2.78. The van der Waals surface area contributed by atoms with E-state index in [0.717, 1.165) is 5.57 Å². The molecule has 0 radical (unpaired) electrons. The zero-order valence-electron chi connectivity index (χ0n) is 11.3. The Morgan fingerprint density at radius 2 is 1.95 bits per heavy atom. The summed E-state index contributed by atoms with van der Waals surface area (Å²) < 4.78 is 15.8. The van der Waals surface area contributed by atoms with Crippen LogP contribution in [0.25, 0.3) is 11.8 Å². The first-order valence-electron chi connectivity index (χ1n) is 5.93. The second-order valence-electron chi connectivity index (χ2n) is 5.28. The lowest BCUT2D eigenvalue weighted by molar-refractivity contribution is 0.556. The average molecular weight is 281 g/mol. The Morgan fingerprint density at radius 1 is 1.26 bits per heavy atom. The van der Waals surface area contributed by atoms with Gasteiger partial charge in [0.1, 0.15) is 5.82 Å². The molecule has 0 aliphatic carbocycles. The molecule has 0 saturated carbocycles. The van der Waals surface area contributed by atoms with E-state index in [1.165, 1.54) is 6.07 Å². The molecule has 1 aromatic heterocycles. The van der Waals surface area contributed by atoms with Gasteiger partial charge in [-0.3, -0.25) is 0 Å². The number of rotatable bonds is 2. The van der Waals surface area contributed by atoms with Gasteiger partial charge in [0.25, 0.3) is 0 Å². The van der Waals surface area contributed by atoms with E-state index >= 15 is 0 Å². The van der Waals surface area contributed by atoms with Gasteiger partial charge in [0.15, 0.2) is 0 Å². The molecule has 0 aliphatic heterocycles. The van der Waals surface area contributed by atoms with Crippen molar-refractivity contribution in [2.75, 3.05) is 0 Å². The Kier molecular flexibility index (Phi) is 4.90. The molecular formula is C15H18ClFN2. The van der Waals surface area contributed by atoms with Crippen molar-refractivity contribution >= 4 is 24.2 Å². The molecule has 0 fully saturated rings. The molecule has 1 heterocycles. The number of hydrogen-bond acceptors (Lipinski definition) is 1. The highest BCUT2D eigenvalue weighted by Crippen LogP contribution is 2.35. The van der Waals surface area contributed by atoms with Crippen molar-refractivity contribution < 1.29 is 4.39 Å². The molecule has 0 saturated heterocycles. The summed E-state index contributed by atoms with van der Waals surface area (Å²) in [6.45, 7) is 6.21. The Labute approximate surface area is 119 Å².